The van der Waals surface area contributed by atoms with Crippen LogP contribution in [0.5, 0.6) is 0 Å². The van der Waals surface area contributed by atoms with E-state index in [1.54, 1.807) is 0 Å². The van der Waals surface area contributed by atoms with Crippen LogP contribution >= 0.6 is 11.6 Å². The topological polar surface area (TPSA) is 20.2 Å². The predicted octanol–water partition coefficient (Wildman–Crippen LogP) is 4.71. The monoisotopic (exact) mass is 268 g/mol. The largest absolute Gasteiger partial charge is 0.389 e. The van der Waals surface area contributed by atoms with Crippen molar-refractivity contribution in [3.05, 3.63) is 34.9 Å². The van der Waals surface area contributed by atoms with Gasteiger partial charge in [0.15, 0.2) is 0 Å². The Morgan fingerprint density at radius 3 is 2.00 bits per heavy atom. The fraction of sp³-hybridized carbons (Fsp3) is 0.625. The van der Waals surface area contributed by atoms with Gasteiger partial charge in [0, 0.05) is 5.02 Å². The number of aryl methyl sites for hydroxylation is 1. The molecule has 2 heteroatoms. The zero-order valence-corrected chi connectivity index (χ0v) is 12.9. The number of benzene rings is 1. The van der Waals surface area contributed by atoms with E-state index in [2.05, 4.69) is 34.6 Å². The Morgan fingerprint density at radius 1 is 1.11 bits per heavy atom. The summed E-state index contributed by atoms with van der Waals surface area (Å²) >= 11 is 5.88. The smallest absolute Gasteiger partial charge is 0.0721 e. The van der Waals surface area contributed by atoms with Crippen molar-refractivity contribution in [2.45, 2.75) is 53.1 Å². The molecule has 0 aliphatic rings. The third-order valence-electron chi connectivity index (χ3n) is 3.96. The summed E-state index contributed by atoms with van der Waals surface area (Å²) in [6, 6.07) is 7.88. The molecule has 18 heavy (non-hydrogen) atoms. The molecular weight excluding hydrogens is 244 g/mol. The third kappa shape index (κ3) is 3.49. The van der Waals surface area contributed by atoms with Crippen LogP contribution in [0.4, 0.5) is 0 Å². The maximum Gasteiger partial charge on any atom is 0.0721 e. The van der Waals surface area contributed by atoms with Crippen LogP contribution in [0, 0.1) is 11.3 Å². The molecule has 0 saturated heterocycles. The van der Waals surface area contributed by atoms with E-state index in [0.717, 1.165) is 17.9 Å². The second-order valence-corrected chi connectivity index (χ2v) is 6.89. The van der Waals surface area contributed by atoms with Gasteiger partial charge in [-0.3, -0.25) is 0 Å². The van der Waals surface area contributed by atoms with Crippen molar-refractivity contribution in [2.75, 3.05) is 0 Å². The van der Waals surface area contributed by atoms with Crippen molar-refractivity contribution in [1.29, 1.82) is 0 Å². The summed E-state index contributed by atoms with van der Waals surface area (Å²) in [5, 5.41) is 11.7. The molecule has 0 bridgehead atoms. The molecule has 0 heterocycles. The van der Waals surface area contributed by atoms with Crippen LogP contribution in [0.25, 0.3) is 0 Å². The lowest BCUT2D eigenvalue weighted by atomic mass is 9.67. The number of aliphatic hydroxyl groups is 1. The Kier molecular flexibility index (Phi) is 4.85. The van der Waals surface area contributed by atoms with Crippen molar-refractivity contribution >= 4 is 11.6 Å². The quantitative estimate of drug-likeness (QED) is 0.839. The molecule has 0 radical (unpaired) electrons. The molecule has 0 aliphatic heterocycles. The molecule has 1 atom stereocenters. The highest BCUT2D eigenvalue weighted by Crippen LogP contribution is 2.39. The van der Waals surface area contributed by atoms with Crippen LogP contribution in [0.2, 0.25) is 5.02 Å². The second kappa shape index (κ2) is 5.63. The fourth-order valence-electron chi connectivity index (χ4n) is 2.52. The van der Waals surface area contributed by atoms with Crippen molar-refractivity contribution in [3.63, 3.8) is 0 Å². The van der Waals surface area contributed by atoms with Crippen molar-refractivity contribution in [3.8, 4) is 0 Å². The van der Waals surface area contributed by atoms with Gasteiger partial charge in [-0.15, -0.1) is 0 Å². The van der Waals surface area contributed by atoms with Crippen LogP contribution in [-0.4, -0.2) is 10.7 Å². The average Bonchev–Trinajstić information content (AvgIpc) is 2.26. The van der Waals surface area contributed by atoms with Crippen molar-refractivity contribution in [1.82, 2.24) is 0 Å². The number of hydrogen-bond acceptors (Lipinski definition) is 1. The van der Waals surface area contributed by atoms with Gasteiger partial charge in [-0.25, -0.2) is 0 Å². The summed E-state index contributed by atoms with van der Waals surface area (Å²) in [6.07, 6.45) is 1.65. The van der Waals surface area contributed by atoms with E-state index in [1.165, 1.54) is 5.56 Å². The molecule has 0 aliphatic carbocycles. The summed E-state index contributed by atoms with van der Waals surface area (Å²) in [5.74, 6) is 0.241. The SMILES string of the molecule is CC(C)C(O)(CCc1ccc(Cl)cc1)C(C)(C)C. The normalized spacial score (nSPS) is 15.8. The Labute approximate surface area is 116 Å². The minimum absolute atomic E-state index is 0.117. The van der Waals surface area contributed by atoms with E-state index < -0.39 is 5.60 Å². The first-order valence-electron chi connectivity index (χ1n) is 6.63. The highest BCUT2D eigenvalue weighted by molar-refractivity contribution is 6.30. The van der Waals surface area contributed by atoms with Crippen LogP contribution in [0.15, 0.2) is 24.3 Å². The average molecular weight is 269 g/mol. The minimum atomic E-state index is -0.646. The summed E-state index contributed by atoms with van der Waals surface area (Å²) in [5.41, 5.74) is 0.461. The predicted molar refractivity (Wildman–Crippen MR) is 79.0 cm³/mol. The van der Waals surface area contributed by atoms with Gasteiger partial charge in [-0.2, -0.15) is 0 Å². The van der Waals surface area contributed by atoms with Gasteiger partial charge in [0.05, 0.1) is 5.60 Å². The van der Waals surface area contributed by atoms with Crippen LogP contribution in [-0.2, 0) is 6.42 Å². The summed E-state index contributed by atoms with van der Waals surface area (Å²) in [6.45, 7) is 10.5. The van der Waals surface area contributed by atoms with E-state index in [1.807, 2.05) is 24.3 Å². The van der Waals surface area contributed by atoms with E-state index in [0.29, 0.717) is 0 Å². The van der Waals surface area contributed by atoms with Gasteiger partial charge < -0.3 is 5.11 Å². The van der Waals surface area contributed by atoms with Crippen LogP contribution in [0.3, 0.4) is 0 Å². The van der Waals surface area contributed by atoms with Gasteiger partial charge in [0.25, 0.3) is 0 Å². The molecule has 0 fully saturated rings. The fourth-order valence-corrected chi connectivity index (χ4v) is 2.64. The number of rotatable bonds is 4. The molecule has 1 N–H and O–H groups in total. The van der Waals surface area contributed by atoms with Crippen molar-refractivity contribution < 1.29 is 5.11 Å². The molecule has 1 aromatic rings. The Morgan fingerprint density at radius 2 is 1.61 bits per heavy atom. The van der Waals surface area contributed by atoms with Crippen LogP contribution in [0.1, 0.15) is 46.6 Å². The Bertz CT molecular complexity index is 375. The summed E-state index contributed by atoms with van der Waals surface area (Å²) in [7, 11) is 0. The lowest BCUT2D eigenvalue weighted by Gasteiger charge is -2.44. The summed E-state index contributed by atoms with van der Waals surface area (Å²) in [4.78, 5) is 0. The van der Waals surface area contributed by atoms with Crippen molar-refractivity contribution in [2.24, 2.45) is 11.3 Å². The molecule has 0 spiro atoms. The first-order valence-corrected chi connectivity index (χ1v) is 7.01. The van der Waals surface area contributed by atoms with E-state index in [-0.39, 0.29) is 11.3 Å². The lowest BCUT2D eigenvalue weighted by molar-refractivity contribution is -0.100. The molecule has 0 amide bonds. The molecule has 0 saturated carbocycles. The molecule has 102 valence electrons. The standard InChI is InChI=1S/C16H25ClO/c1-12(2)16(18,15(3,4)5)11-10-13-6-8-14(17)9-7-13/h6-9,12,18H,10-11H2,1-5H3. The van der Waals surface area contributed by atoms with Gasteiger partial charge in [-0.1, -0.05) is 58.4 Å². The van der Waals surface area contributed by atoms with Gasteiger partial charge >= 0.3 is 0 Å². The molecule has 1 rings (SSSR count). The first-order chi connectivity index (χ1) is 8.17. The van der Waals surface area contributed by atoms with Gasteiger partial charge in [-0.05, 0) is 41.9 Å². The van der Waals surface area contributed by atoms with E-state index >= 15 is 0 Å². The molecule has 1 aromatic carbocycles. The highest BCUT2D eigenvalue weighted by Gasteiger charge is 2.41. The number of halogens is 1. The second-order valence-electron chi connectivity index (χ2n) is 6.46. The van der Waals surface area contributed by atoms with Gasteiger partial charge in [0.2, 0.25) is 0 Å². The Balaban J connectivity index is 2.78. The maximum absolute atomic E-state index is 10.9. The zero-order chi connectivity index (χ0) is 14.0. The molecule has 1 nitrogen and oxygen atoms in total. The van der Waals surface area contributed by atoms with Gasteiger partial charge in [0.1, 0.15) is 0 Å². The number of hydrogen-bond donors (Lipinski definition) is 1. The molecule has 1 unspecified atom stereocenters. The third-order valence-corrected chi connectivity index (χ3v) is 4.21. The minimum Gasteiger partial charge on any atom is -0.389 e. The van der Waals surface area contributed by atoms with Crippen LogP contribution < -0.4 is 0 Å². The molecular formula is C16H25ClO. The first kappa shape index (κ1) is 15.5. The maximum atomic E-state index is 10.9. The summed E-state index contributed by atoms with van der Waals surface area (Å²) < 4.78 is 0. The molecule has 0 aromatic heterocycles. The highest BCUT2D eigenvalue weighted by atomic mass is 35.5. The zero-order valence-electron chi connectivity index (χ0n) is 12.1. The van der Waals surface area contributed by atoms with E-state index in [4.69, 9.17) is 11.6 Å². The Hall–Kier alpha value is -0.530. The lowest BCUT2D eigenvalue weighted by Crippen LogP contribution is -2.47. The van der Waals surface area contributed by atoms with E-state index in [9.17, 15) is 5.11 Å².